The van der Waals surface area contributed by atoms with Gasteiger partial charge in [0.2, 0.25) is 0 Å². The molecule has 0 radical (unpaired) electrons. The lowest BCUT2D eigenvalue weighted by Gasteiger charge is -2.38. The first-order valence-corrected chi connectivity index (χ1v) is 8.72. The van der Waals surface area contributed by atoms with Crippen LogP contribution in [0.15, 0.2) is 30.3 Å². The van der Waals surface area contributed by atoms with Crippen LogP contribution in [0.3, 0.4) is 0 Å². The number of piperidine rings is 1. The standard InChI is InChI=1S/C19H25NO5/c1-19(12-24-2,13-6-4-3-5-7-13)17(21)25-16-10-14-8-9-15(11-16)20(14)18(22)23/h3-7,14-16H,8-12H2,1-2H3,(H,22,23)/t14-,15+,16+,19?. The number of esters is 1. The summed E-state index contributed by atoms with van der Waals surface area (Å²) in [5, 5.41) is 9.34. The third-order valence-corrected chi connectivity index (χ3v) is 5.48. The van der Waals surface area contributed by atoms with Crippen molar-refractivity contribution in [3.63, 3.8) is 0 Å². The molecule has 0 saturated carbocycles. The van der Waals surface area contributed by atoms with Gasteiger partial charge in [0.05, 0.1) is 6.61 Å². The molecular formula is C19H25NO5. The number of amides is 1. The Balaban J connectivity index is 1.72. The van der Waals surface area contributed by atoms with Crippen LogP contribution in [0.5, 0.6) is 0 Å². The van der Waals surface area contributed by atoms with E-state index >= 15 is 0 Å². The Morgan fingerprint density at radius 2 is 1.80 bits per heavy atom. The molecule has 1 N–H and O–H groups in total. The van der Waals surface area contributed by atoms with E-state index in [1.54, 1.807) is 7.11 Å². The van der Waals surface area contributed by atoms with Gasteiger partial charge in [-0.2, -0.15) is 0 Å². The van der Waals surface area contributed by atoms with Gasteiger partial charge in [-0.1, -0.05) is 30.3 Å². The Hall–Kier alpha value is -2.08. The summed E-state index contributed by atoms with van der Waals surface area (Å²) in [6, 6.07) is 9.40. The van der Waals surface area contributed by atoms with Crippen molar-refractivity contribution in [3.05, 3.63) is 35.9 Å². The van der Waals surface area contributed by atoms with Gasteiger partial charge in [0.1, 0.15) is 11.5 Å². The number of ether oxygens (including phenoxy) is 2. The highest BCUT2D eigenvalue weighted by atomic mass is 16.5. The molecule has 6 nitrogen and oxygen atoms in total. The molecule has 4 atom stereocenters. The highest BCUT2D eigenvalue weighted by Gasteiger charge is 2.46. The summed E-state index contributed by atoms with van der Waals surface area (Å²) in [7, 11) is 1.57. The van der Waals surface area contributed by atoms with Gasteiger partial charge in [-0.3, -0.25) is 4.79 Å². The predicted octanol–water partition coefficient (Wildman–Crippen LogP) is 2.81. The van der Waals surface area contributed by atoms with Gasteiger partial charge in [-0.25, -0.2) is 4.79 Å². The summed E-state index contributed by atoms with van der Waals surface area (Å²) in [5.74, 6) is -0.311. The fraction of sp³-hybridized carbons (Fsp3) is 0.579. The quantitative estimate of drug-likeness (QED) is 0.829. The van der Waals surface area contributed by atoms with Gasteiger partial charge in [-0.05, 0) is 25.3 Å². The van der Waals surface area contributed by atoms with Gasteiger partial charge in [0.25, 0.3) is 0 Å². The van der Waals surface area contributed by atoms with Crippen molar-refractivity contribution in [2.75, 3.05) is 13.7 Å². The van der Waals surface area contributed by atoms with Crippen LogP contribution in [0.25, 0.3) is 0 Å². The first kappa shape index (κ1) is 17.7. The number of nitrogens with zero attached hydrogens (tertiary/aromatic N) is 1. The monoisotopic (exact) mass is 347 g/mol. The molecule has 0 aliphatic carbocycles. The van der Waals surface area contributed by atoms with Crippen LogP contribution in [0, 0.1) is 0 Å². The molecule has 2 aliphatic rings. The first-order valence-electron chi connectivity index (χ1n) is 8.72. The van der Waals surface area contributed by atoms with Crippen molar-refractivity contribution in [1.82, 2.24) is 4.90 Å². The minimum absolute atomic E-state index is 0.0422. The zero-order valence-corrected chi connectivity index (χ0v) is 14.7. The molecule has 1 amide bonds. The van der Waals surface area contributed by atoms with E-state index in [2.05, 4.69) is 0 Å². The van der Waals surface area contributed by atoms with E-state index in [0.717, 1.165) is 18.4 Å². The highest BCUT2D eigenvalue weighted by Crippen LogP contribution is 2.38. The van der Waals surface area contributed by atoms with Crippen LogP contribution in [-0.4, -0.2) is 54.0 Å². The lowest BCUT2D eigenvalue weighted by atomic mass is 9.83. The number of carbonyl (C=O) groups is 2. The zero-order valence-electron chi connectivity index (χ0n) is 14.7. The summed E-state index contributed by atoms with van der Waals surface area (Å²) < 4.78 is 11.1. The first-order chi connectivity index (χ1) is 12.0. The minimum atomic E-state index is -0.876. The van der Waals surface area contributed by atoms with E-state index in [9.17, 15) is 14.7 Å². The van der Waals surface area contributed by atoms with Crippen molar-refractivity contribution in [1.29, 1.82) is 0 Å². The molecule has 136 valence electrons. The minimum Gasteiger partial charge on any atom is -0.465 e. The second-order valence-corrected chi connectivity index (χ2v) is 7.20. The number of methoxy groups -OCH3 is 1. The smallest absolute Gasteiger partial charge is 0.407 e. The second-order valence-electron chi connectivity index (χ2n) is 7.20. The molecular weight excluding hydrogens is 322 g/mol. The largest absolute Gasteiger partial charge is 0.465 e. The Morgan fingerprint density at radius 3 is 2.32 bits per heavy atom. The number of rotatable bonds is 5. The van der Waals surface area contributed by atoms with Gasteiger partial charge in [-0.15, -0.1) is 0 Å². The molecule has 2 heterocycles. The maximum atomic E-state index is 12.9. The summed E-state index contributed by atoms with van der Waals surface area (Å²) in [6.45, 7) is 2.06. The van der Waals surface area contributed by atoms with Gasteiger partial charge < -0.3 is 19.5 Å². The normalized spacial score (nSPS) is 27.6. The van der Waals surface area contributed by atoms with Crippen LogP contribution in [0.4, 0.5) is 4.79 Å². The summed E-state index contributed by atoms with van der Waals surface area (Å²) in [4.78, 5) is 25.9. The number of carbonyl (C=O) groups excluding carboxylic acids is 1. The SMILES string of the molecule is COCC(C)(C(=O)O[C@H]1C[C@H]2CC[C@@H](C1)N2C(=O)O)c1ccccc1. The van der Waals surface area contributed by atoms with Crippen LogP contribution in [-0.2, 0) is 19.7 Å². The number of hydrogen-bond donors (Lipinski definition) is 1. The van der Waals surface area contributed by atoms with Gasteiger partial charge >= 0.3 is 12.1 Å². The fourth-order valence-electron chi connectivity index (χ4n) is 4.17. The van der Waals surface area contributed by atoms with Crippen molar-refractivity contribution in [3.8, 4) is 0 Å². The molecule has 2 saturated heterocycles. The van der Waals surface area contributed by atoms with Crippen molar-refractivity contribution in [2.24, 2.45) is 0 Å². The topological polar surface area (TPSA) is 76.1 Å². The molecule has 0 spiro atoms. The maximum absolute atomic E-state index is 12.9. The van der Waals surface area contributed by atoms with Crippen LogP contribution in [0.1, 0.15) is 38.2 Å². The van der Waals surface area contributed by atoms with E-state index in [-0.39, 0.29) is 30.8 Å². The van der Waals surface area contributed by atoms with Gasteiger partial charge in [0.15, 0.2) is 0 Å². The third-order valence-electron chi connectivity index (χ3n) is 5.48. The Bertz CT molecular complexity index is 620. The fourth-order valence-corrected chi connectivity index (χ4v) is 4.17. The van der Waals surface area contributed by atoms with E-state index < -0.39 is 11.5 Å². The van der Waals surface area contributed by atoms with Crippen LogP contribution < -0.4 is 0 Å². The lowest BCUT2D eigenvalue weighted by molar-refractivity contribution is -0.160. The third kappa shape index (κ3) is 3.35. The molecule has 1 unspecified atom stereocenters. The number of fused-ring (bicyclic) bond motifs is 2. The molecule has 6 heteroatoms. The molecule has 1 aromatic rings. The molecule has 1 aromatic carbocycles. The molecule has 25 heavy (non-hydrogen) atoms. The predicted molar refractivity (Wildman–Crippen MR) is 91.5 cm³/mol. The van der Waals surface area contributed by atoms with Crippen molar-refractivity contribution in [2.45, 2.75) is 56.2 Å². The van der Waals surface area contributed by atoms with E-state index in [4.69, 9.17) is 9.47 Å². The number of benzene rings is 1. The Morgan fingerprint density at radius 1 is 1.20 bits per heavy atom. The second kappa shape index (κ2) is 7.04. The molecule has 2 aliphatic heterocycles. The van der Waals surface area contributed by atoms with Crippen LogP contribution >= 0.6 is 0 Å². The zero-order chi connectivity index (χ0) is 18.0. The average Bonchev–Trinajstić information content (AvgIpc) is 2.87. The average molecular weight is 347 g/mol. The molecule has 2 bridgehead atoms. The van der Waals surface area contributed by atoms with E-state index in [1.807, 2.05) is 37.3 Å². The summed E-state index contributed by atoms with van der Waals surface area (Å²) >= 11 is 0. The maximum Gasteiger partial charge on any atom is 0.407 e. The molecule has 2 fully saturated rings. The summed E-state index contributed by atoms with van der Waals surface area (Å²) in [6.07, 6.45) is 1.74. The number of hydrogen-bond acceptors (Lipinski definition) is 4. The van der Waals surface area contributed by atoms with Crippen LogP contribution in [0.2, 0.25) is 0 Å². The van der Waals surface area contributed by atoms with E-state index in [0.29, 0.717) is 12.8 Å². The van der Waals surface area contributed by atoms with Crippen molar-refractivity contribution < 1.29 is 24.2 Å². The van der Waals surface area contributed by atoms with Crippen molar-refractivity contribution >= 4 is 12.1 Å². The molecule has 0 aromatic heterocycles. The highest BCUT2D eigenvalue weighted by molar-refractivity contribution is 5.83. The Labute approximate surface area is 147 Å². The Kier molecular flexibility index (Phi) is 4.99. The number of carboxylic acid groups (broad SMARTS) is 1. The summed E-state index contributed by atoms with van der Waals surface area (Å²) in [5.41, 5.74) is -0.0216. The van der Waals surface area contributed by atoms with E-state index in [1.165, 1.54) is 4.90 Å². The lowest BCUT2D eigenvalue weighted by Crippen LogP contribution is -2.49. The van der Waals surface area contributed by atoms with Gasteiger partial charge in [0, 0.05) is 32.0 Å². The molecule has 3 rings (SSSR count).